The van der Waals surface area contributed by atoms with Crippen molar-refractivity contribution < 1.29 is 4.74 Å². The summed E-state index contributed by atoms with van der Waals surface area (Å²) in [6, 6.07) is 3.93. The smallest absolute Gasteiger partial charge is 0.352 e. The lowest BCUT2D eigenvalue weighted by molar-refractivity contribution is -0.0379. The fourth-order valence-corrected chi connectivity index (χ4v) is 5.45. The summed E-state index contributed by atoms with van der Waals surface area (Å²) in [5.41, 5.74) is 1.42. The largest absolute Gasteiger partial charge is 0.370 e. The minimum absolute atomic E-state index is 0.188. The molecule has 5 rings (SSSR count). The van der Waals surface area contributed by atoms with Crippen molar-refractivity contribution >= 4 is 38.5 Å². The molecule has 0 radical (unpaired) electrons. The van der Waals surface area contributed by atoms with Gasteiger partial charge in [0, 0.05) is 17.8 Å². The molecule has 0 saturated heterocycles. The lowest BCUT2D eigenvalue weighted by atomic mass is 9.94. The quantitative estimate of drug-likeness (QED) is 0.492. The number of nitrogens with zero attached hydrogens (tertiary/aromatic N) is 4. The van der Waals surface area contributed by atoms with Gasteiger partial charge in [-0.25, -0.2) is 9.78 Å². The van der Waals surface area contributed by atoms with Crippen molar-refractivity contribution in [2.24, 2.45) is 0 Å². The summed E-state index contributed by atoms with van der Waals surface area (Å²) in [4.78, 5) is 20.9. The zero-order valence-corrected chi connectivity index (χ0v) is 16.7. The highest BCUT2D eigenvalue weighted by Crippen LogP contribution is 2.40. The Morgan fingerprint density at radius 1 is 1.44 bits per heavy atom. The van der Waals surface area contributed by atoms with Crippen LogP contribution in [0.4, 0.5) is 0 Å². The first kappa shape index (κ1) is 16.9. The molecule has 0 N–H and O–H groups in total. The van der Waals surface area contributed by atoms with Crippen molar-refractivity contribution in [1.82, 2.24) is 19.2 Å². The average molecular weight is 399 g/mol. The van der Waals surface area contributed by atoms with Crippen LogP contribution >= 0.6 is 22.7 Å². The van der Waals surface area contributed by atoms with Crippen LogP contribution in [0, 0.1) is 0 Å². The van der Waals surface area contributed by atoms with Crippen LogP contribution in [-0.2, 0) is 24.3 Å². The second kappa shape index (κ2) is 5.85. The fourth-order valence-electron chi connectivity index (χ4n) is 3.57. The summed E-state index contributed by atoms with van der Waals surface area (Å²) in [7, 11) is 0. The van der Waals surface area contributed by atoms with Crippen molar-refractivity contribution in [3.63, 3.8) is 0 Å². The van der Waals surface area contributed by atoms with Gasteiger partial charge in [0.05, 0.1) is 22.5 Å². The maximum atomic E-state index is 13.1. The summed E-state index contributed by atoms with van der Waals surface area (Å²) in [6.45, 7) is 8.99. The average Bonchev–Trinajstić information content (AvgIpc) is 3.34. The monoisotopic (exact) mass is 398 g/mol. The van der Waals surface area contributed by atoms with Crippen LogP contribution in [0.3, 0.4) is 0 Å². The second-order valence-electron chi connectivity index (χ2n) is 7.24. The molecule has 0 aromatic carbocycles. The summed E-state index contributed by atoms with van der Waals surface area (Å²) in [6.07, 6.45) is 2.52. The molecule has 27 heavy (non-hydrogen) atoms. The molecular formula is C19H18N4O2S2. The van der Waals surface area contributed by atoms with E-state index < -0.39 is 0 Å². The van der Waals surface area contributed by atoms with E-state index in [9.17, 15) is 4.79 Å². The predicted molar refractivity (Wildman–Crippen MR) is 109 cm³/mol. The van der Waals surface area contributed by atoms with E-state index in [4.69, 9.17) is 9.72 Å². The minimum atomic E-state index is -0.242. The summed E-state index contributed by atoms with van der Waals surface area (Å²) < 4.78 is 9.16. The number of aromatic nitrogens is 4. The van der Waals surface area contributed by atoms with Gasteiger partial charge in [-0.3, -0.25) is 4.57 Å². The van der Waals surface area contributed by atoms with Gasteiger partial charge in [0.1, 0.15) is 4.83 Å². The molecule has 138 valence electrons. The Kier molecular flexibility index (Phi) is 3.65. The number of rotatable bonds is 3. The fraction of sp³-hybridized carbons (Fsp3) is 0.316. The number of allylic oxidation sites excluding steroid dienone is 1. The highest BCUT2D eigenvalue weighted by atomic mass is 32.1. The highest BCUT2D eigenvalue weighted by Gasteiger charge is 2.32. The van der Waals surface area contributed by atoms with Crippen LogP contribution < -0.4 is 5.69 Å². The third-order valence-electron chi connectivity index (χ3n) is 4.81. The van der Waals surface area contributed by atoms with Gasteiger partial charge in [-0.2, -0.15) is 4.52 Å². The number of hydrogen-bond donors (Lipinski definition) is 0. The first-order valence-corrected chi connectivity index (χ1v) is 10.4. The van der Waals surface area contributed by atoms with Gasteiger partial charge in [-0.05, 0) is 30.9 Å². The van der Waals surface area contributed by atoms with Crippen molar-refractivity contribution in [2.75, 3.05) is 0 Å². The number of fused-ring (bicyclic) bond motifs is 5. The van der Waals surface area contributed by atoms with Gasteiger partial charge in [0.15, 0.2) is 11.5 Å². The molecule has 4 aromatic heterocycles. The molecule has 6 nitrogen and oxygen atoms in total. The molecule has 0 amide bonds. The topological polar surface area (TPSA) is 61.4 Å². The maximum Gasteiger partial charge on any atom is 0.352 e. The van der Waals surface area contributed by atoms with E-state index in [1.165, 1.54) is 10.1 Å². The van der Waals surface area contributed by atoms with Gasteiger partial charge in [0.2, 0.25) is 0 Å². The summed E-state index contributed by atoms with van der Waals surface area (Å²) in [5.74, 6) is 0.589. The molecule has 5 heterocycles. The van der Waals surface area contributed by atoms with Crippen LogP contribution in [-0.4, -0.2) is 24.8 Å². The lowest BCUT2D eigenvalue weighted by Crippen LogP contribution is -2.31. The van der Waals surface area contributed by atoms with Crippen LogP contribution in [0.1, 0.15) is 24.3 Å². The SMILES string of the molecule is C=CCn1c(=O)n2nc(-c3cccs3)nc2c2c3c(sc21)COC(C)(C)C3. The first-order valence-electron chi connectivity index (χ1n) is 8.71. The molecule has 0 unspecified atom stereocenters. The van der Waals surface area contributed by atoms with Crippen molar-refractivity contribution in [2.45, 2.75) is 39.0 Å². The van der Waals surface area contributed by atoms with Crippen LogP contribution in [0.25, 0.3) is 26.6 Å². The summed E-state index contributed by atoms with van der Waals surface area (Å²) in [5, 5.41) is 7.54. The second-order valence-corrected chi connectivity index (χ2v) is 9.27. The number of ether oxygens (including phenoxy) is 1. The predicted octanol–water partition coefficient (Wildman–Crippen LogP) is 3.87. The standard InChI is InChI=1S/C19H18N4O2S2/c1-4-7-22-17-14(11-9-19(2,3)25-10-13(11)27-17)16-20-15(12-6-5-8-26-12)21-23(16)18(22)24/h4-6,8H,1,7,9-10H2,2-3H3. The van der Waals surface area contributed by atoms with Gasteiger partial charge in [-0.1, -0.05) is 12.1 Å². The van der Waals surface area contributed by atoms with Gasteiger partial charge >= 0.3 is 5.69 Å². The molecular weight excluding hydrogens is 380 g/mol. The van der Waals surface area contributed by atoms with Crippen molar-refractivity contribution in [3.05, 3.63) is 51.1 Å². The molecule has 0 fully saturated rings. The Hall–Kier alpha value is -2.29. The highest BCUT2D eigenvalue weighted by molar-refractivity contribution is 7.19. The van der Waals surface area contributed by atoms with Crippen molar-refractivity contribution in [1.29, 1.82) is 0 Å². The number of hydrogen-bond acceptors (Lipinski definition) is 6. The molecule has 1 aliphatic heterocycles. The van der Waals surface area contributed by atoms with Crippen molar-refractivity contribution in [3.8, 4) is 10.7 Å². The Morgan fingerprint density at radius 2 is 2.30 bits per heavy atom. The lowest BCUT2D eigenvalue weighted by Gasteiger charge is -2.30. The molecule has 4 aromatic rings. The van der Waals surface area contributed by atoms with Crippen LogP contribution in [0.5, 0.6) is 0 Å². The Labute approximate surface area is 163 Å². The van der Waals surface area contributed by atoms with E-state index in [0.717, 1.165) is 26.4 Å². The van der Waals surface area contributed by atoms with Gasteiger partial charge in [0.25, 0.3) is 0 Å². The minimum Gasteiger partial charge on any atom is -0.370 e. The van der Waals surface area contributed by atoms with Gasteiger partial charge < -0.3 is 4.74 Å². The molecule has 0 bridgehead atoms. The molecule has 0 atom stereocenters. The third kappa shape index (κ3) is 2.51. The van der Waals surface area contributed by atoms with E-state index in [-0.39, 0.29) is 11.3 Å². The van der Waals surface area contributed by atoms with E-state index >= 15 is 0 Å². The van der Waals surface area contributed by atoms with E-state index in [1.807, 2.05) is 17.5 Å². The van der Waals surface area contributed by atoms with Crippen LogP contribution in [0.15, 0.2) is 35.0 Å². The molecule has 0 aliphatic carbocycles. The number of thiophene rings is 2. The van der Waals surface area contributed by atoms with E-state index in [0.29, 0.717) is 24.6 Å². The summed E-state index contributed by atoms with van der Waals surface area (Å²) >= 11 is 3.18. The zero-order valence-electron chi connectivity index (χ0n) is 15.1. The Bertz CT molecular complexity index is 1240. The zero-order chi connectivity index (χ0) is 18.8. The van der Waals surface area contributed by atoms with E-state index in [2.05, 4.69) is 25.5 Å². The molecule has 1 aliphatic rings. The van der Waals surface area contributed by atoms with Gasteiger partial charge in [-0.15, -0.1) is 34.4 Å². The normalized spacial score (nSPS) is 16.1. The maximum absolute atomic E-state index is 13.1. The first-order chi connectivity index (χ1) is 13.0. The van der Waals surface area contributed by atoms with E-state index in [1.54, 1.807) is 33.3 Å². The third-order valence-corrected chi connectivity index (χ3v) is 6.90. The molecule has 0 saturated carbocycles. The molecule has 8 heteroatoms. The Balaban J connectivity index is 1.90. The molecule has 0 spiro atoms. The van der Waals surface area contributed by atoms with Crippen LogP contribution in [0.2, 0.25) is 0 Å². The Morgan fingerprint density at radius 3 is 3.04 bits per heavy atom.